The maximum absolute atomic E-state index is 13.0. The molecule has 3 atom stereocenters. The predicted octanol–water partition coefficient (Wildman–Crippen LogP) is 3.57. The zero-order chi connectivity index (χ0) is 22.9. The number of hydrogen-bond acceptors (Lipinski definition) is 5. The van der Waals surface area contributed by atoms with E-state index in [0.29, 0.717) is 24.2 Å². The fourth-order valence-corrected chi connectivity index (χ4v) is 5.32. The molecule has 3 aromatic rings. The highest BCUT2D eigenvalue weighted by atomic mass is 16.1. The molecule has 7 heteroatoms. The van der Waals surface area contributed by atoms with Crippen LogP contribution in [0, 0.1) is 0 Å². The molecule has 2 aliphatic rings. The summed E-state index contributed by atoms with van der Waals surface area (Å²) in [6.07, 6.45) is 6.27. The number of fused-ring (bicyclic) bond motifs is 3. The molecule has 2 aromatic heterocycles. The molecule has 0 spiro atoms. The second kappa shape index (κ2) is 9.06. The van der Waals surface area contributed by atoms with Crippen LogP contribution in [0.4, 0.5) is 11.4 Å². The topological polar surface area (TPSA) is 74.2 Å². The molecule has 0 aliphatic carbocycles. The van der Waals surface area contributed by atoms with Crippen LogP contribution < -0.4 is 20.9 Å². The SMILES string of the molecule is CCn1ccc2c(NC)c(C(=O)NC[C@H](C)c3ccc(N4CC5CCC(C4)N5)cc3)cnc21. The first kappa shape index (κ1) is 21.8. The average Bonchev–Trinajstić information content (AvgIpc) is 3.43. The standard InChI is InChI=1S/C26H34N6O/c1-4-31-12-11-22-24(27-3)23(14-28-25(22)31)26(33)29-13-17(2)18-5-9-21(10-6-18)32-15-19-7-8-20(16-32)30-19/h5-6,9-12,14,17,19-20,30H,4,7-8,13,15-16H2,1-3H3,(H,27,28)(H,29,33)/t17-,19?,20?/m0/s1. The number of piperazine rings is 1. The first-order valence-corrected chi connectivity index (χ1v) is 12.1. The number of amides is 1. The number of carbonyl (C=O) groups excluding carboxylic acids is 1. The maximum atomic E-state index is 13.0. The first-order chi connectivity index (χ1) is 16.1. The molecule has 2 saturated heterocycles. The van der Waals surface area contributed by atoms with Crippen molar-refractivity contribution in [3.63, 3.8) is 0 Å². The number of hydrogen-bond donors (Lipinski definition) is 3. The minimum absolute atomic E-state index is 0.0993. The number of aryl methyl sites for hydroxylation is 1. The first-order valence-electron chi connectivity index (χ1n) is 12.1. The second-order valence-corrected chi connectivity index (χ2v) is 9.38. The Labute approximate surface area is 195 Å². The van der Waals surface area contributed by atoms with Crippen molar-refractivity contribution in [3.05, 3.63) is 53.9 Å². The smallest absolute Gasteiger partial charge is 0.255 e. The van der Waals surface area contributed by atoms with E-state index in [1.165, 1.54) is 24.1 Å². The van der Waals surface area contributed by atoms with Crippen molar-refractivity contribution < 1.29 is 4.79 Å². The molecule has 2 bridgehead atoms. The van der Waals surface area contributed by atoms with E-state index in [4.69, 9.17) is 0 Å². The summed E-state index contributed by atoms with van der Waals surface area (Å²) >= 11 is 0. The molecule has 2 unspecified atom stereocenters. The molecule has 1 aromatic carbocycles. The van der Waals surface area contributed by atoms with Gasteiger partial charge in [-0.1, -0.05) is 19.1 Å². The summed E-state index contributed by atoms with van der Waals surface area (Å²) in [6.45, 7) is 7.85. The van der Waals surface area contributed by atoms with Gasteiger partial charge in [0.1, 0.15) is 5.65 Å². The van der Waals surface area contributed by atoms with E-state index in [0.717, 1.165) is 36.4 Å². The van der Waals surface area contributed by atoms with E-state index < -0.39 is 0 Å². The molecule has 2 fully saturated rings. The van der Waals surface area contributed by atoms with E-state index >= 15 is 0 Å². The number of nitrogens with zero attached hydrogens (tertiary/aromatic N) is 3. The van der Waals surface area contributed by atoms with Crippen LogP contribution in [-0.4, -0.2) is 54.2 Å². The van der Waals surface area contributed by atoms with Crippen LogP contribution in [-0.2, 0) is 6.54 Å². The summed E-state index contributed by atoms with van der Waals surface area (Å²) in [5, 5.41) is 11.0. The van der Waals surface area contributed by atoms with Gasteiger partial charge in [0, 0.05) is 68.8 Å². The lowest BCUT2D eigenvalue weighted by Crippen LogP contribution is -2.51. The van der Waals surface area contributed by atoms with Crippen molar-refractivity contribution in [1.29, 1.82) is 0 Å². The molecule has 7 nitrogen and oxygen atoms in total. The van der Waals surface area contributed by atoms with Gasteiger partial charge in [-0.05, 0) is 49.4 Å². The van der Waals surface area contributed by atoms with E-state index in [1.54, 1.807) is 6.20 Å². The Bertz CT molecular complexity index is 1130. The normalized spacial score (nSPS) is 20.8. The Hall–Kier alpha value is -3.06. The summed E-state index contributed by atoms with van der Waals surface area (Å²) in [5.74, 6) is 0.121. The quantitative estimate of drug-likeness (QED) is 0.517. The lowest BCUT2D eigenvalue weighted by atomic mass is 10.00. The number of nitrogens with one attached hydrogen (secondary N) is 3. The zero-order valence-electron chi connectivity index (χ0n) is 19.8. The Morgan fingerprint density at radius 1 is 1.18 bits per heavy atom. The van der Waals surface area contributed by atoms with E-state index in [1.807, 2.05) is 19.3 Å². The van der Waals surface area contributed by atoms with Gasteiger partial charge in [0.15, 0.2) is 0 Å². The van der Waals surface area contributed by atoms with Crippen LogP contribution in [0.2, 0.25) is 0 Å². The number of benzene rings is 1. The van der Waals surface area contributed by atoms with Gasteiger partial charge in [-0.25, -0.2) is 4.98 Å². The van der Waals surface area contributed by atoms with Gasteiger partial charge in [0.2, 0.25) is 0 Å². The minimum atomic E-state index is -0.0993. The fraction of sp³-hybridized carbons (Fsp3) is 0.462. The summed E-state index contributed by atoms with van der Waals surface area (Å²) in [5.41, 5.74) is 4.83. The van der Waals surface area contributed by atoms with E-state index in [2.05, 4.69) is 68.5 Å². The fourth-order valence-electron chi connectivity index (χ4n) is 5.32. The van der Waals surface area contributed by atoms with Gasteiger partial charge in [-0.15, -0.1) is 0 Å². The highest BCUT2D eigenvalue weighted by Gasteiger charge is 2.32. The molecule has 33 heavy (non-hydrogen) atoms. The van der Waals surface area contributed by atoms with Gasteiger partial charge in [-0.2, -0.15) is 0 Å². The van der Waals surface area contributed by atoms with Crippen molar-refractivity contribution in [2.45, 2.75) is 51.2 Å². The molecular formula is C26H34N6O. The summed E-state index contributed by atoms with van der Waals surface area (Å²) in [7, 11) is 1.85. The highest BCUT2D eigenvalue weighted by molar-refractivity contribution is 6.06. The van der Waals surface area contributed by atoms with Crippen LogP contribution in [0.25, 0.3) is 11.0 Å². The van der Waals surface area contributed by atoms with Gasteiger partial charge in [-0.3, -0.25) is 4.79 Å². The van der Waals surface area contributed by atoms with Gasteiger partial charge in [0.05, 0.1) is 11.3 Å². The highest BCUT2D eigenvalue weighted by Crippen LogP contribution is 2.28. The molecule has 0 radical (unpaired) electrons. The number of rotatable bonds is 7. The van der Waals surface area contributed by atoms with Crippen LogP contribution in [0.15, 0.2) is 42.7 Å². The van der Waals surface area contributed by atoms with Crippen molar-refractivity contribution in [3.8, 4) is 0 Å². The second-order valence-electron chi connectivity index (χ2n) is 9.38. The molecule has 2 aliphatic heterocycles. The third-order valence-corrected chi connectivity index (χ3v) is 7.24. The summed E-state index contributed by atoms with van der Waals surface area (Å²) in [6, 6.07) is 12.2. The molecule has 4 heterocycles. The van der Waals surface area contributed by atoms with Crippen LogP contribution in [0.5, 0.6) is 0 Å². The van der Waals surface area contributed by atoms with Gasteiger partial charge in [0.25, 0.3) is 5.91 Å². The predicted molar refractivity (Wildman–Crippen MR) is 134 cm³/mol. The Morgan fingerprint density at radius 3 is 2.58 bits per heavy atom. The monoisotopic (exact) mass is 446 g/mol. The van der Waals surface area contributed by atoms with Crippen molar-refractivity contribution >= 4 is 28.3 Å². The zero-order valence-corrected chi connectivity index (χ0v) is 19.8. The Balaban J connectivity index is 1.23. The van der Waals surface area contributed by atoms with Crippen LogP contribution >= 0.6 is 0 Å². The number of aromatic nitrogens is 2. The third kappa shape index (κ3) is 4.17. The van der Waals surface area contributed by atoms with Gasteiger partial charge < -0.3 is 25.4 Å². The Morgan fingerprint density at radius 2 is 1.91 bits per heavy atom. The molecule has 1 amide bonds. The molecule has 5 rings (SSSR count). The lowest BCUT2D eigenvalue weighted by Gasteiger charge is -2.34. The van der Waals surface area contributed by atoms with E-state index in [-0.39, 0.29) is 11.8 Å². The van der Waals surface area contributed by atoms with Crippen LogP contribution in [0.1, 0.15) is 48.5 Å². The Kier molecular flexibility index (Phi) is 5.98. The molecule has 174 valence electrons. The van der Waals surface area contributed by atoms with Crippen molar-refractivity contribution in [2.75, 3.05) is 36.9 Å². The molecule has 3 N–H and O–H groups in total. The lowest BCUT2D eigenvalue weighted by molar-refractivity contribution is 0.0952. The number of pyridine rings is 1. The van der Waals surface area contributed by atoms with E-state index in [9.17, 15) is 4.79 Å². The summed E-state index contributed by atoms with van der Waals surface area (Å²) < 4.78 is 2.08. The number of carbonyl (C=O) groups is 1. The number of anilines is 2. The van der Waals surface area contributed by atoms with Crippen LogP contribution in [0.3, 0.4) is 0 Å². The average molecular weight is 447 g/mol. The third-order valence-electron chi connectivity index (χ3n) is 7.24. The largest absolute Gasteiger partial charge is 0.387 e. The maximum Gasteiger partial charge on any atom is 0.255 e. The van der Waals surface area contributed by atoms with Gasteiger partial charge >= 0.3 is 0 Å². The summed E-state index contributed by atoms with van der Waals surface area (Å²) in [4.78, 5) is 20.1. The molecule has 0 saturated carbocycles. The minimum Gasteiger partial charge on any atom is -0.387 e. The molecular weight excluding hydrogens is 412 g/mol. The van der Waals surface area contributed by atoms with Crippen molar-refractivity contribution in [1.82, 2.24) is 20.2 Å². The van der Waals surface area contributed by atoms with Crippen molar-refractivity contribution in [2.24, 2.45) is 0 Å².